The van der Waals surface area contributed by atoms with Crippen molar-refractivity contribution in [3.8, 4) is 0 Å². The zero-order valence-electron chi connectivity index (χ0n) is 15.0. The largest absolute Gasteiger partial charge is 0.481 e. The first-order valence-electron chi connectivity index (χ1n) is 8.41. The number of carboxylic acids is 1. The Bertz CT molecular complexity index is 534. The minimum Gasteiger partial charge on any atom is -0.481 e. The molecule has 0 unspecified atom stereocenters. The van der Waals surface area contributed by atoms with Gasteiger partial charge in [-0.05, 0) is 40.0 Å². The van der Waals surface area contributed by atoms with Crippen molar-refractivity contribution in [2.45, 2.75) is 65.5 Å². The van der Waals surface area contributed by atoms with Crippen molar-refractivity contribution in [3.05, 3.63) is 18.2 Å². The molecule has 0 fully saturated rings. The number of hydrogen-bond acceptors (Lipinski definition) is 4. The van der Waals surface area contributed by atoms with Crippen LogP contribution in [0, 0.1) is 5.92 Å². The van der Waals surface area contributed by atoms with E-state index in [2.05, 4.69) is 17.2 Å². The molecule has 0 radical (unpaired) electrons. The second kappa shape index (κ2) is 9.30. The third-order valence-electron chi connectivity index (χ3n) is 3.37. The summed E-state index contributed by atoms with van der Waals surface area (Å²) < 4.78 is 7.10. The van der Waals surface area contributed by atoms with Gasteiger partial charge >= 0.3 is 12.1 Å². The van der Waals surface area contributed by atoms with E-state index in [4.69, 9.17) is 4.74 Å². The van der Waals surface area contributed by atoms with E-state index < -0.39 is 23.6 Å². The average Bonchev–Trinajstić information content (AvgIpc) is 2.88. The van der Waals surface area contributed by atoms with Crippen LogP contribution in [-0.2, 0) is 22.5 Å². The highest BCUT2D eigenvalue weighted by Gasteiger charge is 2.20. The van der Waals surface area contributed by atoms with Crippen molar-refractivity contribution in [2.75, 3.05) is 6.54 Å². The molecule has 1 heterocycles. The predicted octanol–water partition coefficient (Wildman–Crippen LogP) is 2.84. The lowest BCUT2D eigenvalue weighted by Gasteiger charge is -2.19. The van der Waals surface area contributed by atoms with Crippen LogP contribution in [0.1, 0.15) is 52.7 Å². The Morgan fingerprint density at radius 2 is 2.12 bits per heavy atom. The summed E-state index contributed by atoms with van der Waals surface area (Å²) in [6, 6.07) is 0. The number of imidazole rings is 1. The van der Waals surface area contributed by atoms with Crippen molar-refractivity contribution in [2.24, 2.45) is 5.92 Å². The van der Waals surface area contributed by atoms with Gasteiger partial charge in [0.05, 0.1) is 17.9 Å². The topological polar surface area (TPSA) is 93.5 Å². The van der Waals surface area contributed by atoms with Crippen molar-refractivity contribution in [3.63, 3.8) is 0 Å². The molecule has 0 saturated carbocycles. The molecule has 0 aromatic carbocycles. The van der Waals surface area contributed by atoms with E-state index in [1.54, 1.807) is 27.1 Å². The lowest BCUT2D eigenvalue weighted by molar-refractivity contribution is -0.142. The third-order valence-corrected chi connectivity index (χ3v) is 3.37. The van der Waals surface area contributed by atoms with Gasteiger partial charge in [0.1, 0.15) is 5.60 Å². The van der Waals surface area contributed by atoms with Crippen LogP contribution in [0.3, 0.4) is 0 Å². The zero-order chi connectivity index (χ0) is 18.2. The maximum atomic E-state index is 11.5. The fourth-order valence-corrected chi connectivity index (χ4v) is 2.31. The fraction of sp³-hybridized carbons (Fsp3) is 0.706. The molecule has 2 N–H and O–H groups in total. The fourth-order valence-electron chi connectivity index (χ4n) is 2.31. The maximum absolute atomic E-state index is 11.5. The summed E-state index contributed by atoms with van der Waals surface area (Å²) >= 11 is 0. The first kappa shape index (κ1) is 20.0. The van der Waals surface area contributed by atoms with Crippen molar-refractivity contribution >= 4 is 12.1 Å². The maximum Gasteiger partial charge on any atom is 0.407 e. The minimum absolute atomic E-state index is 0.392. The van der Waals surface area contributed by atoms with Crippen LogP contribution in [0.2, 0.25) is 0 Å². The predicted molar refractivity (Wildman–Crippen MR) is 90.8 cm³/mol. The van der Waals surface area contributed by atoms with Gasteiger partial charge in [-0.25, -0.2) is 9.78 Å². The number of carboxylic acid groups (broad SMARTS) is 1. The van der Waals surface area contributed by atoms with Gasteiger partial charge in [-0.2, -0.15) is 0 Å². The molecule has 136 valence electrons. The molecule has 0 aliphatic carbocycles. The van der Waals surface area contributed by atoms with Gasteiger partial charge in [0.25, 0.3) is 0 Å². The van der Waals surface area contributed by atoms with E-state index in [9.17, 15) is 14.7 Å². The van der Waals surface area contributed by atoms with E-state index in [0.717, 1.165) is 18.7 Å². The highest BCUT2D eigenvalue weighted by atomic mass is 16.6. The summed E-state index contributed by atoms with van der Waals surface area (Å²) in [6.07, 6.45) is 5.62. The van der Waals surface area contributed by atoms with Crippen molar-refractivity contribution in [1.82, 2.24) is 14.9 Å². The number of nitrogens with zero attached hydrogens (tertiary/aromatic N) is 2. The van der Waals surface area contributed by atoms with Gasteiger partial charge in [-0.3, -0.25) is 4.79 Å². The van der Waals surface area contributed by atoms with Gasteiger partial charge in [0.15, 0.2) is 0 Å². The van der Waals surface area contributed by atoms with Crippen LogP contribution in [0.5, 0.6) is 0 Å². The minimum atomic E-state index is -0.836. The van der Waals surface area contributed by atoms with Crippen LogP contribution < -0.4 is 5.32 Å². The molecule has 7 nitrogen and oxygen atoms in total. The number of carbonyl (C=O) groups is 2. The van der Waals surface area contributed by atoms with Crippen LogP contribution in [-0.4, -0.2) is 38.9 Å². The zero-order valence-corrected chi connectivity index (χ0v) is 15.0. The Balaban J connectivity index is 2.38. The highest BCUT2D eigenvalue weighted by molar-refractivity contribution is 5.70. The molecule has 24 heavy (non-hydrogen) atoms. The standard InChI is InChI=1S/C17H29N3O4/c1-5-9-20-11-14(19-12-20)10-13(15(21)22)7-6-8-18-16(23)24-17(2,3)4/h11-13H,5-10H2,1-4H3,(H,18,23)(H,21,22)/t13-/m1/s1. The Morgan fingerprint density at radius 3 is 2.71 bits per heavy atom. The summed E-state index contributed by atoms with van der Waals surface area (Å²) in [5.74, 6) is -1.34. The average molecular weight is 339 g/mol. The van der Waals surface area contributed by atoms with E-state index in [1.165, 1.54) is 0 Å². The summed E-state index contributed by atoms with van der Waals surface area (Å²) in [7, 11) is 0. The Morgan fingerprint density at radius 1 is 1.42 bits per heavy atom. The van der Waals surface area contributed by atoms with Gasteiger partial charge in [-0.1, -0.05) is 6.92 Å². The summed E-state index contributed by atoms with van der Waals surface area (Å²) in [6.45, 7) is 8.74. The third kappa shape index (κ3) is 7.99. The lowest BCUT2D eigenvalue weighted by Crippen LogP contribution is -2.33. The highest BCUT2D eigenvalue weighted by Crippen LogP contribution is 2.14. The SMILES string of the molecule is CCCn1cnc(C[C@@H](CCCNC(=O)OC(C)(C)C)C(=O)O)c1. The molecule has 0 aliphatic heterocycles. The lowest BCUT2D eigenvalue weighted by atomic mass is 9.98. The molecule has 0 saturated heterocycles. The molecule has 0 aliphatic rings. The second-order valence-corrected chi connectivity index (χ2v) is 6.91. The monoisotopic (exact) mass is 339 g/mol. The van der Waals surface area contributed by atoms with E-state index >= 15 is 0 Å². The number of alkyl carbamates (subject to hydrolysis) is 1. The Hall–Kier alpha value is -2.05. The molecule has 1 rings (SSSR count). The van der Waals surface area contributed by atoms with Gasteiger partial charge in [-0.15, -0.1) is 0 Å². The molecule has 1 atom stereocenters. The molecule has 0 spiro atoms. The molecule has 1 aromatic rings. The quantitative estimate of drug-likeness (QED) is 0.675. The first-order chi connectivity index (χ1) is 11.2. The normalized spacial score (nSPS) is 12.7. The number of aromatic nitrogens is 2. The molecule has 7 heteroatoms. The van der Waals surface area contributed by atoms with E-state index in [0.29, 0.717) is 25.8 Å². The van der Waals surface area contributed by atoms with Crippen LogP contribution >= 0.6 is 0 Å². The number of amides is 1. The number of aliphatic carboxylic acids is 1. The van der Waals surface area contributed by atoms with Crippen LogP contribution in [0.25, 0.3) is 0 Å². The smallest absolute Gasteiger partial charge is 0.407 e. The Kier molecular flexibility index (Phi) is 7.74. The van der Waals surface area contributed by atoms with E-state index in [-0.39, 0.29) is 0 Å². The van der Waals surface area contributed by atoms with Gasteiger partial charge in [0.2, 0.25) is 0 Å². The van der Waals surface area contributed by atoms with Crippen LogP contribution in [0.4, 0.5) is 4.79 Å². The number of rotatable bonds is 9. The molecular formula is C17H29N3O4. The summed E-state index contributed by atoms with van der Waals surface area (Å²) in [4.78, 5) is 27.2. The Labute approximate surface area is 143 Å². The van der Waals surface area contributed by atoms with E-state index in [1.807, 2.05) is 10.8 Å². The molecular weight excluding hydrogens is 310 g/mol. The summed E-state index contributed by atoms with van der Waals surface area (Å²) in [5.41, 5.74) is 0.251. The molecule has 0 bridgehead atoms. The first-order valence-corrected chi connectivity index (χ1v) is 8.41. The molecule has 1 amide bonds. The van der Waals surface area contributed by atoms with Gasteiger partial charge in [0, 0.05) is 25.7 Å². The second-order valence-electron chi connectivity index (χ2n) is 6.91. The molecule has 1 aromatic heterocycles. The number of ether oxygens (including phenoxy) is 1. The summed E-state index contributed by atoms with van der Waals surface area (Å²) in [5, 5.41) is 12.0. The number of carbonyl (C=O) groups excluding carboxylic acids is 1. The van der Waals surface area contributed by atoms with Crippen LogP contribution in [0.15, 0.2) is 12.5 Å². The van der Waals surface area contributed by atoms with Crippen molar-refractivity contribution in [1.29, 1.82) is 0 Å². The van der Waals surface area contributed by atoms with Crippen molar-refractivity contribution < 1.29 is 19.4 Å². The number of aryl methyl sites for hydroxylation is 1. The number of hydrogen-bond donors (Lipinski definition) is 2. The van der Waals surface area contributed by atoms with Gasteiger partial charge < -0.3 is 19.7 Å². The number of nitrogens with one attached hydrogen (secondary N) is 1.